The molecule has 0 spiro atoms. The highest BCUT2D eigenvalue weighted by Gasteiger charge is 2.08. The van der Waals surface area contributed by atoms with Gasteiger partial charge in [-0.25, -0.2) is 10.1 Å². The van der Waals surface area contributed by atoms with Crippen molar-refractivity contribution >= 4 is 11.9 Å². The molecule has 0 atom stereocenters. The van der Waals surface area contributed by atoms with Crippen LogP contribution < -0.4 is 5.43 Å². The van der Waals surface area contributed by atoms with Crippen molar-refractivity contribution in [3.63, 3.8) is 0 Å². The van der Waals surface area contributed by atoms with Crippen LogP contribution >= 0.6 is 0 Å². The molecule has 0 aromatic carbocycles. The van der Waals surface area contributed by atoms with Crippen LogP contribution in [0.15, 0.2) is 0 Å². The molecule has 0 saturated carbocycles. The van der Waals surface area contributed by atoms with Gasteiger partial charge in [-0.15, -0.1) is 0 Å². The van der Waals surface area contributed by atoms with Crippen LogP contribution in [-0.2, 0) is 9.59 Å². The minimum Gasteiger partial charge on any atom is -0.481 e. The first-order valence-electron chi connectivity index (χ1n) is 2.68. The van der Waals surface area contributed by atoms with Gasteiger partial charge in [-0.05, 0) is 0 Å². The van der Waals surface area contributed by atoms with Crippen LogP contribution in [-0.4, -0.2) is 22.0 Å². The number of hydrogen-bond acceptors (Lipinski definition) is 4. The Labute approximate surface area is 61.1 Å². The van der Waals surface area contributed by atoms with E-state index in [0.29, 0.717) is 0 Å². The van der Waals surface area contributed by atoms with Crippen molar-refractivity contribution in [1.29, 1.82) is 0 Å². The van der Waals surface area contributed by atoms with E-state index in [-0.39, 0.29) is 6.42 Å². The quantitative estimate of drug-likeness (QED) is 0.413. The van der Waals surface area contributed by atoms with Gasteiger partial charge in [0.25, 0.3) is 5.91 Å². The first kappa shape index (κ1) is 9.34. The summed E-state index contributed by atoms with van der Waals surface area (Å²) in [4.78, 5) is 29.8. The summed E-state index contributed by atoms with van der Waals surface area (Å²) in [6, 6.07) is 0. The molecule has 1 amide bonds. The molecule has 0 aliphatic carbocycles. The predicted octanol–water partition coefficient (Wildman–Crippen LogP) is -0.841. The van der Waals surface area contributed by atoms with Gasteiger partial charge < -0.3 is 5.11 Å². The molecule has 0 unspecified atom stereocenters. The second kappa shape index (κ2) is 4.20. The molecule has 0 fully saturated rings. The zero-order chi connectivity index (χ0) is 8.85. The van der Waals surface area contributed by atoms with Gasteiger partial charge in [-0.3, -0.25) is 9.59 Å². The lowest BCUT2D eigenvalue weighted by Gasteiger charge is -1.92. The van der Waals surface area contributed by atoms with E-state index in [1.165, 1.54) is 5.43 Å². The first-order valence-corrected chi connectivity index (χ1v) is 2.68. The Balaban J connectivity index is 3.53. The number of carboxylic acids is 1. The summed E-state index contributed by atoms with van der Waals surface area (Å²) in [6.45, 7) is 0. The highest BCUT2D eigenvalue weighted by atomic mass is 16.7. The normalized spacial score (nSPS) is 8.73. The Kier molecular flexibility index (Phi) is 3.57. The molecule has 0 aliphatic heterocycles. The minimum absolute atomic E-state index is 0.379. The molecule has 7 nitrogen and oxygen atoms in total. The third-order valence-corrected chi connectivity index (χ3v) is 0.782. The molecule has 7 heteroatoms. The average Bonchev–Trinajstić information content (AvgIpc) is 1.82. The number of rotatable bonds is 4. The van der Waals surface area contributed by atoms with E-state index in [1.807, 2.05) is 0 Å². The number of carboxylic acid groups (broad SMARTS) is 1. The van der Waals surface area contributed by atoms with Crippen LogP contribution in [0.5, 0.6) is 0 Å². The fourth-order valence-electron chi connectivity index (χ4n) is 0.378. The summed E-state index contributed by atoms with van der Waals surface area (Å²) in [5.41, 5.74) is 1.32. The van der Waals surface area contributed by atoms with Gasteiger partial charge in [-0.2, -0.15) is 0 Å². The van der Waals surface area contributed by atoms with Gasteiger partial charge in [0.05, 0.1) is 6.42 Å². The summed E-state index contributed by atoms with van der Waals surface area (Å²) in [6.07, 6.45) is -0.782. The summed E-state index contributed by atoms with van der Waals surface area (Å²) < 4.78 is 0. The Morgan fingerprint density at radius 1 is 1.45 bits per heavy atom. The minimum atomic E-state index is -1.16. The molecule has 62 valence electrons. The number of carbonyl (C=O) groups is 2. The third kappa shape index (κ3) is 6.22. The highest BCUT2D eigenvalue weighted by Crippen LogP contribution is 1.87. The number of amides is 1. The molecule has 0 rings (SSSR count). The molecular formula is C4H6N2O5. The van der Waals surface area contributed by atoms with E-state index < -0.39 is 23.3 Å². The summed E-state index contributed by atoms with van der Waals surface area (Å²) >= 11 is 0. The largest absolute Gasteiger partial charge is 0.481 e. The number of hydrazine groups is 1. The molecule has 0 bridgehead atoms. The maximum absolute atomic E-state index is 10.3. The number of nitro groups is 1. The van der Waals surface area contributed by atoms with Crippen molar-refractivity contribution in [3.05, 3.63) is 10.1 Å². The van der Waals surface area contributed by atoms with Crippen molar-refractivity contribution in [2.24, 2.45) is 0 Å². The van der Waals surface area contributed by atoms with E-state index in [0.717, 1.165) is 0 Å². The second-order valence-corrected chi connectivity index (χ2v) is 1.69. The topological polar surface area (TPSA) is 110 Å². The lowest BCUT2D eigenvalue weighted by Crippen LogP contribution is -2.29. The van der Waals surface area contributed by atoms with E-state index in [4.69, 9.17) is 5.11 Å². The summed E-state index contributed by atoms with van der Waals surface area (Å²) in [7, 11) is 0. The van der Waals surface area contributed by atoms with E-state index in [2.05, 4.69) is 0 Å². The molecule has 0 aromatic heterocycles. The van der Waals surface area contributed by atoms with Crippen LogP contribution in [0, 0.1) is 10.1 Å². The zero-order valence-electron chi connectivity index (χ0n) is 5.44. The lowest BCUT2D eigenvalue weighted by atomic mass is 10.3. The van der Waals surface area contributed by atoms with Crippen LogP contribution in [0.1, 0.15) is 12.8 Å². The molecule has 0 heterocycles. The van der Waals surface area contributed by atoms with Gasteiger partial charge in [0.15, 0.2) is 5.03 Å². The van der Waals surface area contributed by atoms with E-state index >= 15 is 0 Å². The number of nitrogens with zero attached hydrogens (tertiary/aromatic N) is 1. The standard InChI is InChI=1S/C4H6N2O5/c7-3(5-6(10)11)1-2-4(8)9/h1-2H2,(H,5,7)(H,8,9). The average molecular weight is 162 g/mol. The van der Waals surface area contributed by atoms with E-state index in [9.17, 15) is 19.7 Å². The molecule has 2 N–H and O–H groups in total. The first-order chi connectivity index (χ1) is 5.02. The van der Waals surface area contributed by atoms with Gasteiger partial charge in [0, 0.05) is 6.42 Å². The summed E-state index contributed by atoms with van der Waals surface area (Å²) in [5.74, 6) is -2.07. The Morgan fingerprint density at radius 2 is 2.00 bits per heavy atom. The maximum Gasteiger partial charge on any atom is 0.303 e. The lowest BCUT2D eigenvalue weighted by molar-refractivity contribution is -0.530. The molecule has 11 heavy (non-hydrogen) atoms. The van der Waals surface area contributed by atoms with Gasteiger partial charge >= 0.3 is 5.97 Å². The van der Waals surface area contributed by atoms with Crippen LogP contribution in [0.2, 0.25) is 0 Å². The monoisotopic (exact) mass is 162 g/mol. The maximum atomic E-state index is 10.3. The molecular weight excluding hydrogens is 156 g/mol. The van der Waals surface area contributed by atoms with Crippen molar-refractivity contribution in [1.82, 2.24) is 5.43 Å². The SMILES string of the molecule is O=C(O)CCC(=O)N[N+](=O)[O-]. The van der Waals surface area contributed by atoms with Crippen molar-refractivity contribution in [2.75, 3.05) is 0 Å². The van der Waals surface area contributed by atoms with Crippen LogP contribution in [0.4, 0.5) is 0 Å². The second-order valence-electron chi connectivity index (χ2n) is 1.69. The Hall–Kier alpha value is -1.66. The number of aliphatic carboxylic acids is 1. The van der Waals surface area contributed by atoms with Crippen LogP contribution in [0.3, 0.4) is 0 Å². The number of nitrogens with one attached hydrogen (secondary N) is 1. The predicted molar refractivity (Wildman–Crippen MR) is 32.0 cm³/mol. The Bertz CT molecular complexity index is 189. The number of carbonyl (C=O) groups excluding carboxylic acids is 1. The van der Waals surface area contributed by atoms with Crippen molar-refractivity contribution in [3.8, 4) is 0 Å². The molecule has 0 aromatic rings. The van der Waals surface area contributed by atoms with E-state index in [1.54, 1.807) is 0 Å². The van der Waals surface area contributed by atoms with Gasteiger partial charge in [0.1, 0.15) is 0 Å². The van der Waals surface area contributed by atoms with Gasteiger partial charge in [-0.1, -0.05) is 5.43 Å². The fourth-order valence-corrected chi connectivity index (χ4v) is 0.378. The zero-order valence-corrected chi connectivity index (χ0v) is 5.44. The third-order valence-electron chi connectivity index (χ3n) is 0.782. The Morgan fingerprint density at radius 3 is 2.36 bits per heavy atom. The number of hydrogen-bond donors (Lipinski definition) is 2. The molecule has 0 radical (unpaired) electrons. The van der Waals surface area contributed by atoms with Crippen molar-refractivity contribution in [2.45, 2.75) is 12.8 Å². The summed E-state index contributed by atoms with van der Waals surface area (Å²) in [5, 5.41) is 16.6. The van der Waals surface area contributed by atoms with Gasteiger partial charge in [0.2, 0.25) is 0 Å². The smallest absolute Gasteiger partial charge is 0.303 e. The van der Waals surface area contributed by atoms with Crippen molar-refractivity contribution < 1.29 is 19.7 Å². The molecule has 0 saturated heterocycles. The van der Waals surface area contributed by atoms with Crippen LogP contribution in [0.25, 0.3) is 0 Å². The molecule has 0 aliphatic rings. The fraction of sp³-hybridized carbons (Fsp3) is 0.500. The highest BCUT2D eigenvalue weighted by molar-refractivity contribution is 5.79.